The molecule has 1 amide bonds. The molecule has 0 saturated heterocycles. The van der Waals surface area contributed by atoms with Gasteiger partial charge >= 0.3 is 6.09 Å². The Balaban J connectivity index is 1.37. The fraction of sp³-hybridized carbons (Fsp3) is 0.185. The van der Waals surface area contributed by atoms with Gasteiger partial charge in [0.1, 0.15) is 5.82 Å². The van der Waals surface area contributed by atoms with E-state index in [2.05, 4.69) is 5.10 Å². The number of ether oxygens (including phenoxy) is 1. The Bertz CT molecular complexity index is 1500. The number of carbonyl (C=O) groups excluding carboxylic acids is 1. The molecule has 0 fully saturated rings. The summed E-state index contributed by atoms with van der Waals surface area (Å²) in [7, 11) is -3.99. The first-order valence-corrected chi connectivity index (χ1v) is 12.8. The van der Waals surface area contributed by atoms with Crippen molar-refractivity contribution in [3.05, 3.63) is 101 Å². The summed E-state index contributed by atoms with van der Waals surface area (Å²) in [5, 5.41) is 4.63. The van der Waals surface area contributed by atoms with E-state index in [4.69, 9.17) is 4.74 Å². The minimum absolute atomic E-state index is 0.00894. The Morgan fingerprint density at radius 2 is 1.69 bits per heavy atom. The SMILES string of the molecule is Cc1ccc(S(=O)(=O)NC(=O)OCCc2ccc(-n3nc(C)c(-c4cccc(F)c4)c3C)cc2)cc1. The number of rotatable bonds is 7. The second-order valence-electron chi connectivity index (χ2n) is 8.44. The molecule has 36 heavy (non-hydrogen) atoms. The van der Waals surface area contributed by atoms with Crippen LogP contribution in [0.3, 0.4) is 0 Å². The maximum atomic E-state index is 13.7. The minimum Gasteiger partial charge on any atom is -0.448 e. The zero-order chi connectivity index (χ0) is 25.9. The molecular weight excluding hydrogens is 481 g/mol. The maximum absolute atomic E-state index is 13.7. The van der Waals surface area contributed by atoms with E-state index >= 15 is 0 Å². The molecule has 1 heterocycles. The van der Waals surface area contributed by atoms with Crippen molar-refractivity contribution < 1.29 is 22.3 Å². The van der Waals surface area contributed by atoms with Crippen LogP contribution in [0.2, 0.25) is 0 Å². The quantitative estimate of drug-likeness (QED) is 0.368. The average molecular weight is 508 g/mol. The van der Waals surface area contributed by atoms with Gasteiger partial charge in [0.2, 0.25) is 0 Å². The first-order valence-electron chi connectivity index (χ1n) is 11.3. The zero-order valence-electron chi connectivity index (χ0n) is 20.2. The van der Waals surface area contributed by atoms with E-state index in [1.165, 1.54) is 24.3 Å². The van der Waals surface area contributed by atoms with Crippen LogP contribution in [0, 0.1) is 26.6 Å². The van der Waals surface area contributed by atoms with Crippen molar-refractivity contribution in [2.75, 3.05) is 6.61 Å². The molecule has 0 bridgehead atoms. The van der Waals surface area contributed by atoms with Gasteiger partial charge in [0.05, 0.1) is 22.9 Å². The van der Waals surface area contributed by atoms with E-state index in [9.17, 15) is 17.6 Å². The topological polar surface area (TPSA) is 90.3 Å². The number of nitrogens with one attached hydrogen (secondary N) is 1. The summed E-state index contributed by atoms with van der Waals surface area (Å²) in [6, 6.07) is 20.2. The maximum Gasteiger partial charge on any atom is 0.421 e. The van der Waals surface area contributed by atoms with Crippen molar-refractivity contribution in [1.29, 1.82) is 0 Å². The highest BCUT2D eigenvalue weighted by Crippen LogP contribution is 2.29. The van der Waals surface area contributed by atoms with Gasteiger partial charge in [0.25, 0.3) is 10.0 Å². The van der Waals surface area contributed by atoms with Crippen LogP contribution in [0.15, 0.2) is 77.7 Å². The Morgan fingerprint density at radius 3 is 2.36 bits per heavy atom. The molecule has 0 atom stereocenters. The molecule has 0 radical (unpaired) electrons. The third kappa shape index (κ3) is 5.63. The molecule has 3 aromatic carbocycles. The van der Waals surface area contributed by atoms with E-state index in [0.717, 1.165) is 39.3 Å². The van der Waals surface area contributed by atoms with E-state index in [1.807, 2.05) is 55.8 Å². The third-order valence-electron chi connectivity index (χ3n) is 5.76. The number of hydrogen-bond donors (Lipinski definition) is 1. The number of nitrogens with zero attached hydrogens (tertiary/aromatic N) is 2. The highest BCUT2D eigenvalue weighted by atomic mass is 32.2. The number of carbonyl (C=O) groups is 1. The van der Waals surface area contributed by atoms with E-state index in [1.54, 1.807) is 22.9 Å². The molecule has 7 nitrogen and oxygen atoms in total. The van der Waals surface area contributed by atoms with Crippen molar-refractivity contribution in [2.45, 2.75) is 32.1 Å². The fourth-order valence-corrected chi connectivity index (χ4v) is 4.83. The highest BCUT2D eigenvalue weighted by Gasteiger charge is 2.18. The van der Waals surface area contributed by atoms with Gasteiger partial charge in [0, 0.05) is 17.7 Å². The Labute approximate surface area is 209 Å². The van der Waals surface area contributed by atoms with Gasteiger partial charge in [-0.1, -0.05) is 42.0 Å². The van der Waals surface area contributed by atoms with Gasteiger partial charge in [-0.25, -0.2) is 27.0 Å². The van der Waals surface area contributed by atoms with Gasteiger partial charge in [0.15, 0.2) is 0 Å². The number of amides is 1. The normalized spacial score (nSPS) is 11.3. The number of hydrogen-bond acceptors (Lipinski definition) is 5. The molecule has 0 unspecified atom stereocenters. The summed E-state index contributed by atoms with van der Waals surface area (Å²) < 4.78 is 47.1. The van der Waals surface area contributed by atoms with Crippen LogP contribution in [0.1, 0.15) is 22.5 Å². The summed E-state index contributed by atoms with van der Waals surface area (Å²) in [5.41, 5.74) is 5.99. The average Bonchev–Trinajstić information content (AvgIpc) is 3.13. The van der Waals surface area contributed by atoms with E-state index in [0.29, 0.717) is 6.42 Å². The predicted molar refractivity (Wildman–Crippen MR) is 135 cm³/mol. The van der Waals surface area contributed by atoms with Crippen LogP contribution in [-0.4, -0.2) is 30.9 Å². The third-order valence-corrected chi connectivity index (χ3v) is 7.09. The summed E-state index contributed by atoms with van der Waals surface area (Å²) in [6.45, 7) is 5.68. The highest BCUT2D eigenvalue weighted by molar-refractivity contribution is 7.90. The van der Waals surface area contributed by atoms with Crippen LogP contribution >= 0.6 is 0 Å². The molecule has 9 heteroatoms. The Hall–Kier alpha value is -3.98. The lowest BCUT2D eigenvalue weighted by atomic mass is 10.0. The van der Waals surface area contributed by atoms with Crippen LogP contribution < -0.4 is 4.72 Å². The molecule has 186 valence electrons. The van der Waals surface area contributed by atoms with Crippen molar-refractivity contribution in [2.24, 2.45) is 0 Å². The van der Waals surface area contributed by atoms with Gasteiger partial charge in [-0.2, -0.15) is 5.10 Å². The lowest BCUT2D eigenvalue weighted by Crippen LogP contribution is -2.31. The Kier molecular flexibility index (Phi) is 7.21. The minimum atomic E-state index is -3.99. The zero-order valence-corrected chi connectivity index (χ0v) is 21.0. The largest absolute Gasteiger partial charge is 0.448 e. The van der Waals surface area contributed by atoms with Crippen LogP contribution in [0.4, 0.5) is 9.18 Å². The number of aromatic nitrogens is 2. The predicted octanol–water partition coefficient (Wildman–Crippen LogP) is 5.26. The lowest BCUT2D eigenvalue weighted by Gasteiger charge is -2.09. The molecule has 1 aromatic heterocycles. The van der Waals surface area contributed by atoms with Crippen molar-refractivity contribution in [3.63, 3.8) is 0 Å². The monoisotopic (exact) mass is 507 g/mol. The Morgan fingerprint density at radius 1 is 1.00 bits per heavy atom. The molecular formula is C27H26FN3O4S. The summed E-state index contributed by atoms with van der Waals surface area (Å²) in [5.74, 6) is -0.299. The molecule has 0 saturated carbocycles. The summed E-state index contributed by atoms with van der Waals surface area (Å²) in [4.78, 5) is 12.0. The fourth-order valence-electron chi connectivity index (χ4n) is 3.94. The second kappa shape index (κ2) is 10.3. The van der Waals surface area contributed by atoms with E-state index in [-0.39, 0.29) is 17.3 Å². The van der Waals surface area contributed by atoms with Gasteiger partial charge in [-0.3, -0.25) is 0 Å². The number of halogens is 1. The van der Waals surface area contributed by atoms with Crippen LogP contribution in [-0.2, 0) is 21.2 Å². The van der Waals surface area contributed by atoms with Crippen molar-refractivity contribution in [3.8, 4) is 16.8 Å². The molecule has 1 N–H and O–H groups in total. The molecule has 4 rings (SSSR count). The van der Waals surface area contributed by atoms with Crippen molar-refractivity contribution >= 4 is 16.1 Å². The molecule has 0 spiro atoms. The number of aryl methyl sites for hydroxylation is 2. The molecule has 0 aliphatic rings. The smallest absolute Gasteiger partial charge is 0.421 e. The van der Waals surface area contributed by atoms with Gasteiger partial charge in [-0.05, 0) is 68.3 Å². The van der Waals surface area contributed by atoms with Gasteiger partial charge in [-0.15, -0.1) is 0 Å². The second-order valence-corrected chi connectivity index (χ2v) is 10.1. The van der Waals surface area contributed by atoms with E-state index < -0.39 is 16.1 Å². The summed E-state index contributed by atoms with van der Waals surface area (Å²) >= 11 is 0. The number of benzene rings is 3. The lowest BCUT2D eigenvalue weighted by molar-refractivity contribution is 0.154. The van der Waals surface area contributed by atoms with Crippen molar-refractivity contribution in [1.82, 2.24) is 14.5 Å². The van der Waals surface area contributed by atoms with Crippen LogP contribution in [0.25, 0.3) is 16.8 Å². The first-order chi connectivity index (χ1) is 17.1. The molecule has 0 aliphatic carbocycles. The number of sulfonamides is 1. The first kappa shape index (κ1) is 25.1. The molecule has 4 aromatic rings. The van der Waals surface area contributed by atoms with Gasteiger partial charge < -0.3 is 4.74 Å². The standard InChI is InChI=1S/C27H26FN3O4S/c1-18-7-13-25(14-8-18)36(33,34)30-27(32)35-16-15-21-9-11-24(12-10-21)31-20(3)26(19(2)29-31)22-5-4-6-23(28)17-22/h4-14,17H,15-16H2,1-3H3,(H,30,32). The molecule has 0 aliphatic heterocycles. The summed E-state index contributed by atoms with van der Waals surface area (Å²) in [6.07, 6.45) is -0.621. The van der Waals surface area contributed by atoms with Crippen LogP contribution in [0.5, 0.6) is 0 Å².